The lowest BCUT2D eigenvalue weighted by Crippen LogP contribution is -2.52. The molecule has 1 aromatic rings. The molecule has 154 valence electrons. The second-order valence-corrected chi connectivity index (χ2v) is 7.72. The molecule has 1 aromatic carbocycles. The Bertz CT molecular complexity index is 637. The molecule has 0 saturated carbocycles. The van der Waals surface area contributed by atoms with E-state index >= 15 is 0 Å². The molecule has 2 aliphatic heterocycles. The van der Waals surface area contributed by atoms with Gasteiger partial charge in [-0.3, -0.25) is 9.69 Å². The zero-order valence-electron chi connectivity index (χ0n) is 16.8. The molecule has 2 saturated heterocycles. The summed E-state index contributed by atoms with van der Waals surface area (Å²) in [6.45, 7) is 5.63. The molecule has 0 aliphatic carbocycles. The third-order valence-corrected chi connectivity index (χ3v) is 5.57. The maximum atomic E-state index is 12.9. The average Bonchev–Trinajstić information content (AvgIpc) is 2.73. The highest BCUT2D eigenvalue weighted by molar-refractivity contribution is 5.85. The number of likely N-dealkylation sites (tertiary alicyclic amines) is 2. The number of esters is 1. The van der Waals surface area contributed by atoms with Gasteiger partial charge < -0.3 is 14.4 Å². The standard InChI is InChI=1S/C22H32N2O4/c1-2-27-22(26)20-12-6-7-14-24(20)21(25)16-23-13-8-9-18(15-23)17-28-19-10-4-3-5-11-19/h3-5,10-11,18,20H,2,6-9,12-17H2,1H3. The Labute approximate surface area is 167 Å². The zero-order chi connectivity index (χ0) is 19.8. The second-order valence-electron chi connectivity index (χ2n) is 7.72. The van der Waals surface area contributed by atoms with E-state index in [0.29, 0.717) is 38.6 Å². The fraction of sp³-hybridized carbons (Fsp3) is 0.636. The number of hydrogen-bond acceptors (Lipinski definition) is 5. The molecule has 2 aliphatic rings. The van der Waals surface area contributed by atoms with Crippen molar-refractivity contribution >= 4 is 11.9 Å². The van der Waals surface area contributed by atoms with Crippen molar-refractivity contribution in [2.45, 2.75) is 45.1 Å². The smallest absolute Gasteiger partial charge is 0.328 e. The van der Waals surface area contributed by atoms with Crippen molar-refractivity contribution in [3.05, 3.63) is 30.3 Å². The Morgan fingerprint density at radius 2 is 1.89 bits per heavy atom. The molecule has 0 radical (unpaired) electrons. The zero-order valence-corrected chi connectivity index (χ0v) is 16.8. The topological polar surface area (TPSA) is 59.1 Å². The van der Waals surface area contributed by atoms with E-state index in [1.807, 2.05) is 30.3 Å². The van der Waals surface area contributed by atoms with Gasteiger partial charge in [-0.25, -0.2) is 4.79 Å². The lowest BCUT2D eigenvalue weighted by Gasteiger charge is -2.37. The fourth-order valence-electron chi connectivity index (χ4n) is 4.16. The Morgan fingerprint density at radius 1 is 1.07 bits per heavy atom. The Balaban J connectivity index is 1.50. The van der Waals surface area contributed by atoms with Gasteiger partial charge in [0.05, 0.1) is 19.8 Å². The van der Waals surface area contributed by atoms with Crippen molar-refractivity contribution < 1.29 is 19.1 Å². The number of rotatable bonds is 7. The van der Waals surface area contributed by atoms with Crippen molar-refractivity contribution in [3.63, 3.8) is 0 Å². The van der Waals surface area contributed by atoms with Gasteiger partial charge in [0.15, 0.2) is 0 Å². The third kappa shape index (κ3) is 5.71. The van der Waals surface area contributed by atoms with E-state index in [2.05, 4.69) is 4.90 Å². The number of carbonyl (C=O) groups is 2. The molecule has 28 heavy (non-hydrogen) atoms. The number of nitrogens with zero attached hydrogens (tertiary/aromatic N) is 2. The van der Waals surface area contributed by atoms with Crippen LogP contribution in [0.15, 0.2) is 30.3 Å². The Kier molecular flexibility index (Phi) is 7.71. The van der Waals surface area contributed by atoms with Crippen LogP contribution in [-0.2, 0) is 14.3 Å². The number of benzene rings is 1. The second kappa shape index (κ2) is 10.5. The van der Waals surface area contributed by atoms with Gasteiger partial charge in [-0.1, -0.05) is 18.2 Å². The number of hydrogen-bond donors (Lipinski definition) is 0. The van der Waals surface area contributed by atoms with Crippen LogP contribution in [0.25, 0.3) is 0 Å². The summed E-state index contributed by atoms with van der Waals surface area (Å²) in [6, 6.07) is 9.44. The lowest BCUT2D eigenvalue weighted by molar-refractivity contribution is -0.157. The van der Waals surface area contributed by atoms with Crippen LogP contribution < -0.4 is 4.74 Å². The quantitative estimate of drug-likeness (QED) is 0.672. The van der Waals surface area contributed by atoms with Gasteiger partial charge in [0.2, 0.25) is 5.91 Å². The highest BCUT2D eigenvalue weighted by Crippen LogP contribution is 2.21. The first-order valence-corrected chi connectivity index (χ1v) is 10.5. The molecule has 2 heterocycles. The van der Waals surface area contributed by atoms with Crippen LogP contribution in [0.5, 0.6) is 5.75 Å². The minimum absolute atomic E-state index is 0.0439. The van der Waals surface area contributed by atoms with Gasteiger partial charge in [0.25, 0.3) is 0 Å². The van der Waals surface area contributed by atoms with E-state index in [1.54, 1.807) is 11.8 Å². The van der Waals surface area contributed by atoms with Gasteiger partial charge in [0, 0.05) is 19.0 Å². The Hall–Kier alpha value is -2.08. The van der Waals surface area contributed by atoms with Crippen LogP contribution >= 0.6 is 0 Å². The van der Waals surface area contributed by atoms with E-state index in [9.17, 15) is 9.59 Å². The predicted octanol–water partition coefficient (Wildman–Crippen LogP) is 2.72. The minimum atomic E-state index is -0.414. The van der Waals surface area contributed by atoms with Gasteiger partial charge in [-0.05, 0) is 57.7 Å². The molecule has 0 aromatic heterocycles. The summed E-state index contributed by atoms with van der Waals surface area (Å²) in [4.78, 5) is 29.1. The summed E-state index contributed by atoms with van der Waals surface area (Å²) in [7, 11) is 0. The van der Waals surface area contributed by atoms with Crippen molar-refractivity contribution in [2.75, 3.05) is 39.4 Å². The molecule has 2 atom stereocenters. The SMILES string of the molecule is CCOC(=O)C1CCCCN1C(=O)CN1CCCC(COc2ccccc2)C1. The molecule has 2 fully saturated rings. The summed E-state index contributed by atoms with van der Waals surface area (Å²) in [5.74, 6) is 1.09. The summed E-state index contributed by atoms with van der Waals surface area (Å²) >= 11 is 0. The molecule has 0 bridgehead atoms. The molecular weight excluding hydrogens is 356 g/mol. The monoisotopic (exact) mass is 388 g/mol. The molecule has 3 rings (SSSR count). The third-order valence-electron chi connectivity index (χ3n) is 5.57. The number of para-hydroxylation sites is 1. The molecule has 6 heteroatoms. The van der Waals surface area contributed by atoms with Crippen LogP contribution in [0.3, 0.4) is 0 Å². The van der Waals surface area contributed by atoms with Crippen LogP contribution in [0, 0.1) is 5.92 Å². The summed E-state index contributed by atoms with van der Waals surface area (Å²) < 4.78 is 11.1. The average molecular weight is 389 g/mol. The van der Waals surface area contributed by atoms with Crippen LogP contribution in [0.4, 0.5) is 0 Å². The van der Waals surface area contributed by atoms with Gasteiger partial charge in [-0.15, -0.1) is 0 Å². The maximum Gasteiger partial charge on any atom is 0.328 e. The van der Waals surface area contributed by atoms with E-state index < -0.39 is 6.04 Å². The minimum Gasteiger partial charge on any atom is -0.493 e. The molecule has 0 spiro atoms. The number of ether oxygens (including phenoxy) is 2. The number of carbonyl (C=O) groups excluding carboxylic acids is 2. The normalized spacial score (nSPS) is 23.2. The first-order chi connectivity index (χ1) is 13.7. The van der Waals surface area contributed by atoms with E-state index in [-0.39, 0.29) is 11.9 Å². The maximum absolute atomic E-state index is 12.9. The summed E-state index contributed by atoms with van der Waals surface area (Å²) in [5, 5.41) is 0. The summed E-state index contributed by atoms with van der Waals surface area (Å²) in [5.41, 5.74) is 0. The van der Waals surface area contributed by atoms with Crippen molar-refractivity contribution in [2.24, 2.45) is 5.92 Å². The summed E-state index contributed by atoms with van der Waals surface area (Å²) in [6.07, 6.45) is 4.81. The lowest BCUT2D eigenvalue weighted by atomic mass is 9.98. The largest absolute Gasteiger partial charge is 0.493 e. The molecule has 0 N–H and O–H groups in total. The van der Waals surface area contributed by atoms with Crippen molar-refractivity contribution in [3.8, 4) is 5.75 Å². The van der Waals surface area contributed by atoms with E-state index in [4.69, 9.17) is 9.47 Å². The molecular formula is C22H32N2O4. The van der Waals surface area contributed by atoms with Crippen molar-refractivity contribution in [1.29, 1.82) is 0 Å². The number of amides is 1. The van der Waals surface area contributed by atoms with Gasteiger partial charge in [0.1, 0.15) is 11.8 Å². The van der Waals surface area contributed by atoms with Crippen molar-refractivity contribution in [1.82, 2.24) is 9.80 Å². The van der Waals surface area contributed by atoms with Gasteiger partial charge in [-0.2, -0.15) is 0 Å². The highest BCUT2D eigenvalue weighted by atomic mass is 16.5. The van der Waals surface area contributed by atoms with E-state index in [1.165, 1.54) is 0 Å². The first kappa shape index (κ1) is 20.6. The number of piperidine rings is 2. The van der Waals surface area contributed by atoms with E-state index in [0.717, 1.165) is 44.5 Å². The van der Waals surface area contributed by atoms with Gasteiger partial charge >= 0.3 is 5.97 Å². The first-order valence-electron chi connectivity index (χ1n) is 10.5. The fourth-order valence-corrected chi connectivity index (χ4v) is 4.16. The highest BCUT2D eigenvalue weighted by Gasteiger charge is 2.34. The Morgan fingerprint density at radius 3 is 2.68 bits per heavy atom. The van der Waals surface area contributed by atoms with Crippen LogP contribution in [-0.4, -0.2) is 67.1 Å². The predicted molar refractivity (Wildman–Crippen MR) is 107 cm³/mol. The van der Waals surface area contributed by atoms with Crippen LogP contribution in [0.1, 0.15) is 39.0 Å². The molecule has 2 unspecified atom stereocenters. The molecule has 6 nitrogen and oxygen atoms in total. The molecule has 1 amide bonds. The van der Waals surface area contributed by atoms with Crippen LogP contribution in [0.2, 0.25) is 0 Å².